The van der Waals surface area contributed by atoms with Crippen LogP contribution in [0.2, 0.25) is 0 Å². The van der Waals surface area contributed by atoms with Crippen LogP contribution in [0.1, 0.15) is 19.8 Å². The molecule has 1 unspecified atom stereocenters. The summed E-state index contributed by atoms with van der Waals surface area (Å²) in [6.45, 7) is 3.86. The van der Waals surface area contributed by atoms with Gasteiger partial charge in [-0.2, -0.15) is 10.2 Å². The lowest BCUT2D eigenvalue weighted by atomic mass is 9.99. The quantitative estimate of drug-likeness (QED) is 0.830. The van der Waals surface area contributed by atoms with Gasteiger partial charge in [-0.1, -0.05) is 18.7 Å². The predicted octanol–water partition coefficient (Wildman–Crippen LogP) is 1.14. The number of likely N-dealkylation sites (tertiary alicyclic amines) is 1. The molecule has 1 saturated heterocycles. The van der Waals surface area contributed by atoms with Crippen molar-refractivity contribution in [3.63, 3.8) is 0 Å². The number of nitrogens with one attached hydrogen (secondary N) is 1. The van der Waals surface area contributed by atoms with Crippen LogP contribution in [0.25, 0.3) is 0 Å². The Kier molecular flexibility index (Phi) is 4.05. The van der Waals surface area contributed by atoms with Gasteiger partial charge < -0.3 is 10.2 Å². The van der Waals surface area contributed by atoms with E-state index in [0.717, 1.165) is 25.9 Å². The number of carbonyl (C=O) groups excluding carboxylic acids is 2. The predicted molar refractivity (Wildman–Crippen MR) is 79.7 cm³/mol. The SMILES string of the molecule is CC1CCN(C(=O)CSC2=NC3N=NC=C3C(=O)N2)CC1. The van der Waals surface area contributed by atoms with E-state index in [2.05, 4.69) is 27.5 Å². The minimum Gasteiger partial charge on any atom is -0.342 e. The standard InChI is InChI=1S/C13H17N5O2S/c1-8-2-4-18(5-3-8)10(19)7-21-13-15-11-9(6-14-17-11)12(20)16-13/h6,8,11H,2-5,7H2,1H3,(H,15,16,20). The minimum atomic E-state index is -0.535. The average Bonchev–Trinajstić information content (AvgIpc) is 2.94. The molecule has 3 rings (SSSR count). The number of amides is 2. The number of carbonyl (C=O) groups is 2. The molecule has 21 heavy (non-hydrogen) atoms. The van der Waals surface area contributed by atoms with Gasteiger partial charge in [-0.3, -0.25) is 9.59 Å². The van der Waals surface area contributed by atoms with Crippen LogP contribution in [0.3, 0.4) is 0 Å². The maximum atomic E-state index is 12.1. The van der Waals surface area contributed by atoms with E-state index in [1.165, 1.54) is 18.0 Å². The molecule has 7 nitrogen and oxygen atoms in total. The van der Waals surface area contributed by atoms with Crippen molar-refractivity contribution in [2.45, 2.75) is 25.9 Å². The molecular weight excluding hydrogens is 290 g/mol. The lowest BCUT2D eigenvalue weighted by molar-refractivity contribution is -0.129. The minimum absolute atomic E-state index is 0.0956. The van der Waals surface area contributed by atoms with Crippen molar-refractivity contribution in [3.8, 4) is 0 Å². The Bertz CT molecular complexity index is 549. The number of nitrogens with zero attached hydrogens (tertiary/aromatic N) is 4. The first kappa shape index (κ1) is 14.2. The summed E-state index contributed by atoms with van der Waals surface area (Å²) >= 11 is 1.25. The van der Waals surface area contributed by atoms with Gasteiger partial charge in [-0.25, -0.2) is 4.99 Å². The Balaban J connectivity index is 1.53. The highest BCUT2D eigenvalue weighted by Gasteiger charge is 2.30. The summed E-state index contributed by atoms with van der Waals surface area (Å²) in [4.78, 5) is 30.1. The molecule has 3 heterocycles. The van der Waals surface area contributed by atoms with Crippen molar-refractivity contribution in [2.75, 3.05) is 18.8 Å². The van der Waals surface area contributed by atoms with E-state index in [9.17, 15) is 9.59 Å². The summed E-state index contributed by atoms with van der Waals surface area (Å²) in [6, 6.07) is 0. The number of thioether (sulfide) groups is 1. The molecule has 0 radical (unpaired) electrons. The molecular formula is C13H17N5O2S. The molecule has 0 aromatic rings. The first-order valence-corrected chi connectivity index (χ1v) is 8.02. The fourth-order valence-corrected chi connectivity index (χ4v) is 3.21. The van der Waals surface area contributed by atoms with Crippen LogP contribution < -0.4 is 5.32 Å². The summed E-state index contributed by atoms with van der Waals surface area (Å²) in [5.41, 5.74) is 0.454. The second-order valence-corrected chi connectivity index (χ2v) is 6.39. The zero-order valence-electron chi connectivity index (χ0n) is 11.8. The molecule has 0 aliphatic carbocycles. The number of piperidine rings is 1. The molecule has 0 saturated carbocycles. The van der Waals surface area contributed by atoms with Gasteiger partial charge in [0.15, 0.2) is 11.3 Å². The van der Waals surface area contributed by atoms with Gasteiger partial charge in [-0.15, -0.1) is 0 Å². The summed E-state index contributed by atoms with van der Waals surface area (Å²) in [7, 11) is 0. The lowest BCUT2D eigenvalue weighted by Gasteiger charge is -2.30. The highest BCUT2D eigenvalue weighted by Crippen LogP contribution is 2.22. The molecule has 0 bridgehead atoms. The van der Waals surface area contributed by atoms with Crippen LogP contribution in [-0.2, 0) is 9.59 Å². The Morgan fingerprint density at radius 1 is 1.48 bits per heavy atom. The zero-order chi connectivity index (χ0) is 14.8. The molecule has 2 amide bonds. The Morgan fingerprint density at radius 3 is 3.00 bits per heavy atom. The fraction of sp³-hybridized carbons (Fsp3) is 0.615. The third-order valence-electron chi connectivity index (χ3n) is 3.84. The number of azo groups is 1. The summed E-state index contributed by atoms with van der Waals surface area (Å²) in [5.74, 6) is 0.845. The van der Waals surface area contributed by atoms with Crippen LogP contribution in [-0.4, -0.2) is 46.9 Å². The fourth-order valence-electron chi connectivity index (χ4n) is 2.42. The molecule has 8 heteroatoms. The Morgan fingerprint density at radius 2 is 2.24 bits per heavy atom. The van der Waals surface area contributed by atoms with Gasteiger partial charge in [-0.05, 0) is 18.8 Å². The molecule has 0 aromatic heterocycles. The Labute approximate surface area is 127 Å². The van der Waals surface area contributed by atoms with E-state index in [1.807, 2.05) is 4.90 Å². The maximum absolute atomic E-state index is 12.1. The van der Waals surface area contributed by atoms with Gasteiger partial charge in [0.1, 0.15) is 0 Å². The van der Waals surface area contributed by atoms with E-state index in [4.69, 9.17) is 0 Å². The normalized spacial score (nSPS) is 25.3. The third-order valence-corrected chi connectivity index (χ3v) is 4.71. The first-order valence-electron chi connectivity index (χ1n) is 7.03. The molecule has 3 aliphatic heterocycles. The number of fused-ring (bicyclic) bond motifs is 1. The van der Waals surface area contributed by atoms with Crippen LogP contribution in [0.5, 0.6) is 0 Å². The molecule has 0 spiro atoms. The van der Waals surface area contributed by atoms with Crippen molar-refractivity contribution in [1.82, 2.24) is 10.2 Å². The number of hydrogen-bond acceptors (Lipinski definition) is 6. The zero-order valence-corrected chi connectivity index (χ0v) is 12.6. The van der Waals surface area contributed by atoms with E-state index >= 15 is 0 Å². The molecule has 112 valence electrons. The molecule has 1 N–H and O–H groups in total. The van der Waals surface area contributed by atoms with Gasteiger partial charge in [0.2, 0.25) is 5.91 Å². The number of hydrogen-bond donors (Lipinski definition) is 1. The second kappa shape index (κ2) is 5.97. The smallest absolute Gasteiger partial charge is 0.258 e. The van der Waals surface area contributed by atoms with Crippen molar-refractivity contribution in [1.29, 1.82) is 0 Å². The number of aliphatic imine (C=N–C) groups is 1. The highest BCUT2D eigenvalue weighted by molar-refractivity contribution is 8.14. The van der Waals surface area contributed by atoms with E-state index < -0.39 is 6.17 Å². The van der Waals surface area contributed by atoms with E-state index in [-0.39, 0.29) is 17.6 Å². The van der Waals surface area contributed by atoms with Gasteiger partial charge in [0.05, 0.1) is 17.5 Å². The van der Waals surface area contributed by atoms with E-state index in [0.29, 0.717) is 16.7 Å². The first-order chi connectivity index (χ1) is 10.1. The number of amidine groups is 1. The maximum Gasteiger partial charge on any atom is 0.258 e. The van der Waals surface area contributed by atoms with E-state index in [1.54, 1.807) is 0 Å². The molecule has 1 atom stereocenters. The van der Waals surface area contributed by atoms with Gasteiger partial charge in [0, 0.05) is 13.1 Å². The summed E-state index contributed by atoms with van der Waals surface area (Å²) in [5, 5.41) is 10.7. The molecule has 0 aromatic carbocycles. The van der Waals surface area contributed by atoms with Crippen molar-refractivity contribution in [3.05, 3.63) is 11.8 Å². The van der Waals surface area contributed by atoms with Crippen LogP contribution in [0.15, 0.2) is 27.0 Å². The van der Waals surface area contributed by atoms with Gasteiger partial charge in [0.25, 0.3) is 5.91 Å². The summed E-state index contributed by atoms with van der Waals surface area (Å²) in [6.07, 6.45) is 3.01. The topological polar surface area (TPSA) is 86.5 Å². The lowest BCUT2D eigenvalue weighted by Crippen LogP contribution is -2.41. The Hall–Kier alpha value is -1.70. The second-order valence-electron chi connectivity index (χ2n) is 5.43. The monoisotopic (exact) mass is 307 g/mol. The highest BCUT2D eigenvalue weighted by atomic mass is 32.2. The van der Waals surface area contributed by atoms with Crippen molar-refractivity contribution >= 4 is 28.7 Å². The van der Waals surface area contributed by atoms with Crippen molar-refractivity contribution < 1.29 is 9.59 Å². The summed E-state index contributed by atoms with van der Waals surface area (Å²) < 4.78 is 0. The molecule has 3 aliphatic rings. The van der Waals surface area contributed by atoms with Crippen LogP contribution >= 0.6 is 11.8 Å². The van der Waals surface area contributed by atoms with Gasteiger partial charge >= 0.3 is 0 Å². The molecule has 1 fully saturated rings. The number of rotatable bonds is 2. The largest absolute Gasteiger partial charge is 0.342 e. The van der Waals surface area contributed by atoms with Crippen molar-refractivity contribution in [2.24, 2.45) is 21.1 Å². The van der Waals surface area contributed by atoms with Crippen LogP contribution in [0.4, 0.5) is 0 Å². The van der Waals surface area contributed by atoms with Crippen LogP contribution in [0, 0.1) is 5.92 Å². The third kappa shape index (κ3) is 3.15. The average molecular weight is 307 g/mol.